The van der Waals surface area contributed by atoms with Crippen LogP contribution in [0.25, 0.3) is 10.9 Å². The molecule has 1 atom stereocenters. The fourth-order valence-electron chi connectivity index (χ4n) is 3.24. The van der Waals surface area contributed by atoms with E-state index in [9.17, 15) is 9.18 Å². The van der Waals surface area contributed by atoms with Crippen LogP contribution in [0.2, 0.25) is 0 Å². The highest BCUT2D eigenvalue weighted by atomic mass is 19.1. The van der Waals surface area contributed by atoms with Gasteiger partial charge < -0.3 is 10.3 Å². The SMILES string of the molecule is CC(C)CCNC(=O)CC(c1ccc(F)cc1)c1c[nH]c2ccccc12. The number of para-hydroxylation sites is 1. The molecule has 0 radical (unpaired) electrons. The van der Waals surface area contributed by atoms with Crippen LogP contribution in [0.1, 0.15) is 43.7 Å². The van der Waals surface area contributed by atoms with Crippen LogP contribution in [-0.2, 0) is 4.79 Å². The summed E-state index contributed by atoms with van der Waals surface area (Å²) in [6, 6.07) is 14.5. The van der Waals surface area contributed by atoms with Crippen molar-refractivity contribution in [2.75, 3.05) is 6.54 Å². The van der Waals surface area contributed by atoms with Gasteiger partial charge in [0.1, 0.15) is 5.82 Å². The summed E-state index contributed by atoms with van der Waals surface area (Å²) in [7, 11) is 0. The van der Waals surface area contributed by atoms with Crippen molar-refractivity contribution in [1.82, 2.24) is 10.3 Å². The van der Waals surface area contributed by atoms with Crippen molar-refractivity contribution in [1.29, 1.82) is 0 Å². The van der Waals surface area contributed by atoms with Gasteiger partial charge >= 0.3 is 0 Å². The number of carbonyl (C=O) groups is 1. The van der Waals surface area contributed by atoms with E-state index < -0.39 is 0 Å². The monoisotopic (exact) mass is 352 g/mol. The lowest BCUT2D eigenvalue weighted by Crippen LogP contribution is -2.27. The molecule has 0 aliphatic carbocycles. The number of benzene rings is 2. The molecule has 136 valence electrons. The van der Waals surface area contributed by atoms with E-state index in [0.29, 0.717) is 18.9 Å². The molecule has 1 amide bonds. The number of aromatic nitrogens is 1. The number of hydrogen-bond acceptors (Lipinski definition) is 1. The highest BCUT2D eigenvalue weighted by Gasteiger charge is 2.21. The molecule has 0 bridgehead atoms. The minimum absolute atomic E-state index is 0.0188. The maximum absolute atomic E-state index is 13.4. The fourth-order valence-corrected chi connectivity index (χ4v) is 3.24. The molecular formula is C22H25FN2O. The zero-order valence-electron chi connectivity index (χ0n) is 15.3. The second kappa shape index (κ2) is 8.17. The molecule has 3 rings (SSSR count). The summed E-state index contributed by atoms with van der Waals surface area (Å²) in [5.41, 5.74) is 3.04. The number of nitrogens with one attached hydrogen (secondary N) is 2. The Balaban J connectivity index is 1.87. The Bertz CT molecular complexity index is 867. The number of aromatic amines is 1. The van der Waals surface area contributed by atoms with Gasteiger partial charge in [0, 0.05) is 36.0 Å². The van der Waals surface area contributed by atoms with Gasteiger partial charge in [-0.1, -0.05) is 44.2 Å². The topological polar surface area (TPSA) is 44.9 Å². The number of H-pyrrole nitrogens is 1. The van der Waals surface area contributed by atoms with E-state index in [2.05, 4.69) is 24.1 Å². The largest absolute Gasteiger partial charge is 0.361 e. The van der Waals surface area contributed by atoms with Crippen molar-refractivity contribution in [2.45, 2.75) is 32.6 Å². The van der Waals surface area contributed by atoms with E-state index >= 15 is 0 Å². The van der Waals surface area contributed by atoms with Crippen LogP contribution in [0.3, 0.4) is 0 Å². The van der Waals surface area contributed by atoms with Crippen LogP contribution < -0.4 is 5.32 Å². The van der Waals surface area contributed by atoms with Gasteiger partial charge in [-0.2, -0.15) is 0 Å². The van der Waals surface area contributed by atoms with Gasteiger partial charge in [0.2, 0.25) is 5.91 Å². The maximum Gasteiger partial charge on any atom is 0.220 e. The highest BCUT2D eigenvalue weighted by molar-refractivity contribution is 5.86. The lowest BCUT2D eigenvalue weighted by molar-refractivity contribution is -0.121. The third kappa shape index (κ3) is 4.31. The normalized spacial score (nSPS) is 12.5. The van der Waals surface area contributed by atoms with Gasteiger partial charge in [-0.15, -0.1) is 0 Å². The standard InChI is InChI=1S/C22H25FN2O/c1-15(2)11-12-24-22(26)13-19(16-7-9-17(23)10-8-16)20-14-25-21-6-4-3-5-18(20)21/h3-10,14-15,19,25H,11-13H2,1-2H3,(H,24,26). The summed E-state index contributed by atoms with van der Waals surface area (Å²) in [5.74, 6) is 0.181. The Morgan fingerprint density at radius 3 is 2.58 bits per heavy atom. The summed E-state index contributed by atoms with van der Waals surface area (Å²) >= 11 is 0. The lowest BCUT2D eigenvalue weighted by atomic mass is 9.88. The molecule has 2 N–H and O–H groups in total. The third-order valence-corrected chi connectivity index (χ3v) is 4.70. The van der Waals surface area contributed by atoms with E-state index in [1.54, 1.807) is 12.1 Å². The Kier molecular flexibility index (Phi) is 5.71. The molecule has 1 aromatic heterocycles. The Morgan fingerprint density at radius 1 is 1.12 bits per heavy atom. The van der Waals surface area contributed by atoms with Crippen LogP contribution in [0, 0.1) is 11.7 Å². The van der Waals surface area contributed by atoms with E-state index in [0.717, 1.165) is 28.5 Å². The molecule has 0 spiro atoms. The third-order valence-electron chi connectivity index (χ3n) is 4.70. The van der Waals surface area contributed by atoms with Crippen LogP contribution in [0.15, 0.2) is 54.7 Å². The maximum atomic E-state index is 13.4. The van der Waals surface area contributed by atoms with Crippen molar-refractivity contribution in [3.8, 4) is 0 Å². The second-order valence-corrected chi connectivity index (χ2v) is 7.13. The summed E-state index contributed by atoms with van der Waals surface area (Å²) in [6.45, 7) is 4.96. The van der Waals surface area contributed by atoms with Crippen LogP contribution in [0.4, 0.5) is 4.39 Å². The first-order valence-corrected chi connectivity index (χ1v) is 9.12. The molecule has 0 saturated heterocycles. The average molecular weight is 352 g/mol. The van der Waals surface area contributed by atoms with E-state index in [1.807, 2.05) is 30.5 Å². The van der Waals surface area contributed by atoms with Gasteiger partial charge in [0.15, 0.2) is 0 Å². The van der Waals surface area contributed by atoms with Crippen LogP contribution >= 0.6 is 0 Å². The van der Waals surface area contributed by atoms with Gasteiger partial charge in [-0.25, -0.2) is 4.39 Å². The van der Waals surface area contributed by atoms with Crippen molar-refractivity contribution in [3.05, 3.63) is 71.7 Å². The van der Waals surface area contributed by atoms with Crippen molar-refractivity contribution >= 4 is 16.8 Å². The molecule has 0 saturated carbocycles. The zero-order chi connectivity index (χ0) is 18.5. The summed E-state index contributed by atoms with van der Waals surface area (Å²) in [4.78, 5) is 15.8. The van der Waals surface area contributed by atoms with Crippen molar-refractivity contribution in [3.63, 3.8) is 0 Å². The molecule has 3 aromatic rings. The lowest BCUT2D eigenvalue weighted by Gasteiger charge is -2.17. The Morgan fingerprint density at radius 2 is 1.85 bits per heavy atom. The Hall–Kier alpha value is -2.62. The zero-order valence-corrected chi connectivity index (χ0v) is 15.3. The molecule has 2 aromatic carbocycles. The molecule has 26 heavy (non-hydrogen) atoms. The first kappa shape index (κ1) is 18.2. The molecule has 1 unspecified atom stereocenters. The van der Waals surface area contributed by atoms with E-state index in [4.69, 9.17) is 0 Å². The molecule has 3 nitrogen and oxygen atoms in total. The summed E-state index contributed by atoms with van der Waals surface area (Å²) in [6.07, 6.45) is 3.26. The molecule has 4 heteroatoms. The predicted molar refractivity (Wildman–Crippen MR) is 104 cm³/mol. The number of rotatable bonds is 7. The fraction of sp³-hybridized carbons (Fsp3) is 0.318. The molecule has 0 fully saturated rings. The van der Waals surface area contributed by atoms with Crippen molar-refractivity contribution in [2.24, 2.45) is 5.92 Å². The summed E-state index contributed by atoms with van der Waals surface area (Å²) < 4.78 is 13.4. The minimum Gasteiger partial charge on any atom is -0.361 e. The quantitative estimate of drug-likeness (QED) is 0.618. The van der Waals surface area contributed by atoms with Crippen molar-refractivity contribution < 1.29 is 9.18 Å². The first-order valence-electron chi connectivity index (χ1n) is 9.12. The summed E-state index contributed by atoms with van der Waals surface area (Å²) in [5, 5.41) is 4.11. The van der Waals surface area contributed by atoms with E-state index in [1.165, 1.54) is 12.1 Å². The number of amides is 1. The average Bonchev–Trinajstić information content (AvgIpc) is 3.04. The van der Waals surface area contributed by atoms with E-state index in [-0.39, 0.29) is 17.6 Å². The highest BCUT2D eigenvalue weighted by Crippen LogP contribution is 2.33. The second-order valence-electron chi connectivity index (χ2n) is 7.13. The number of hydrogen-bond donors (Lipinski definition) is 2. The van der Waals surface area contributed by atoms with Gasteiger partial charge in [-0.05, 0) is 41.7 Å². The number of halogens is 1. The van der Waals surface area contributed by atoms with Gasteiger partial charge in [0.05, 0.1) is 0 Å². The minimum atomic E-state index is -0.271. The predicted octanol–water partition coefficient (Wildman–Crippen LogP) is 4.99. The Labute approximate surface area is 153 Å². The van der Waals surface area contributed by atoms with Gasteiger partial charge in [0.25, 0.3) is 0 Å². The molecule has 1 heterocycles. The molecular weight excluding hydrogens is 327 g/mol. The smallest absolute Gasteiger partial charge is 0.220 e. The molecule has 0 aliphatic heterocycles. The first-order chi connectivity index (χ1) is 12.5. The number of fused-ring (bicyclic) bond motifs is 1. The number of carbonyl (C=O) groups excluding carboxylic acids is 1. The molecule has 0 aliphatic rings. The van der Waals surface area contributed by atoms with Crippen LogP contribution in [0.5, 0.6) is 0 Å². The van der Waals surface area contributed by atoms with Crippen LogP contribution in [-0.4, -0.2) is 17.4 Å². The van der Waals surface area contributed by atoms with Gasteiger partial charge in [-0.3, -0.25) is 4.79 Å².